The zero-order valence-corrected chi connectivity index (χ0v) is 16.4. The van der Waals surface area contributed by atoms with E-state index in [9.17, 15) is 0 Å². The number of aromatic nitrogens is 2. The van der Waals surface area contributed by atoms with E-state index in [0.29, 0.717) is 5.54 Å². The molecule has 0 atom stereocenters. The van der Waals surface area contributed by atoms with Crippen molar-refractivity contribution >= 4 is 37.6 Å². The lowest BCUT2D eigenvalue weighted by molar-refractivity contribution is 0.0811. The molecule has 1 aliphatic heterocycles. The Morgan fingerprint density at radius 1 is 1.26 bits per heavy atom. The van der Waals surface area contributed by atoms with Crippen LogP contribution in [0, 0.1) is 5.92 Å². The lowest BCUT2D eigenvalue weighted by Crippen LogP contribution is -2.46. The maximum absolute atomic E-state index is 5.87. The van der Waals surface area contributed by atoms with E-state index in [1.54, 1.807) is 0 Å². The summed E-state index contributed by atoms with van der Waals surface area (Å²) in [5.41, 5.74) is 1.20. The number of thiazole rings is 1. The topological polar surface area (TPSA) is 38.2 Å². The van der Waals surface area contributed by atoms with Crippen molar-refractivity contribution in [3.63, 3.8) is 0 Å². The molecule has 0 saturated carbocycles. The number of hydrogen-bond donors (Lipinski definition) is 0. The van der Waals surface area contributed by atoms with Gasteiger partial charge in [-0.2, -0.15) is 0 Å². The van der Waals surface area contributed by atoms with Gasteiger partial charge in [-0.15, -0.1) is 0 Å². The highest BCUT2D eigenvalue weighted by Crippen LogP contribution is 2.29. The number of piperidine rings is 1. The van der Waals surface area contributed by atoms with Gasteiger partial charge in [0.05, 0.1) is 6.61 Å². The molecule has 0 amide bonds. The summed E-state index contributed by atoms with van der Waals surface area (Å²) in [6.07, 6.45) is 3.66. The highest BCUT2D eigenvalue weighted by atomic mass is 79.9. The minimum absolute atomic E-state index is 0.295. The summed E-state index contributed by atoms with van der Waals surface area (Å²) in [6, 6.07) is 3.88. The Morgan fingerprint density at radius 3 is 2.70 bits per heavy atom. The molecule has 1 fully saturated rings. The Labute approximate surface area is 150 Å². The van der Waals surface area contributed by atoms with E-state index in [1.807, 2.05) is 12.1 Å². The SMILES string of the molecule is CC(C)(C)N1CCC(CCOc2nc3ccc(Br)nc3s2)CC1. The molecule has 0 N–H and O–H groups in total. The molecule has 0 aromatic carbocycles. The van der Waals surface area contributed by atoms with Crippen LogP contribution in [0.5, 0.6) is 5.19 Å². The predicted octanol–water partition coefficient (Wildman–Crippen LogP) is 4.73. The van der Waals surface area contributed by atoms with Gasteiger partial charge in [0, 0.05) is 5.54 Å². The zero-order chi connectivity index (χ0) is 16.4. The summed E-state index contributed by atoms with van der Waals surface area (Å²) in [4.78, 5) is 12.4. The number of nitrogens with zero attached hydrogens (tertiary/aromatic N) is 3. The fraction of sp³-hybridized carbons (Fsp3) is 0.647. The molecule has 3 rings (SSSR count). The Morgan fingerprint density at radius 2 is 2.00 bits per heavy atom. The van der Waals surface area contributed by atoms with Crippen LogP contribution in [0.25, 0.3) is 10.3 Å². The van der Waals surface area contributed by atoms with Crippen LogP contribution in [-0.2, 0) is 0 Å². The van der Waals surface area contributed by atoms with Crippen molar-refractivity contribution in [3.05, 3.63) is 16.7 Å². The van der Waals surface area contributed by atoms with E-state index in [-0.39, 0.29) is 0 Å². The van der Waals surface area contributed by atoms with Crippen LogP contribution in [-0.4, -0.2) is 40.1 Å². The van der Waals surface area contributed by atoms with Gasteiger partial charge in [0.25, 0.3) is 5.19 Å². The van der Waals surface area contributed by atoms with E-state index < -0.39 is 0 Å². The van der Waals surface area contributed by atoms with Crippen molar-refractivity contribution in [1.29, 1.82) is 0 Å². The van der Waals surface area contributed by atoms with Crippen molar-refractivity contribution in [1.82, 2.24) is 14.9 Å². The first-order valence-corrected chi connectivity index (χ1v) is 9.84. The quantitative estimate of drug-likeness (QED) is 0.698. The lowest BCUT2D eigenvalue weighted by Gasteiger charge is -2.40. The van der Waals surface area contributed by atoms with Crippen LogP contribution in [0.1, 0.15) is 40.0 Å². The van der Waals surface area contributed by atoms with Crippen LogP contribution in [0.2, 0.25) is 0 Å². The molecule has 23 heavy (non-hydrogen) atoms. The Hall–Kier alpha value is -0.720. The highest BCUT2D eigenvalue weighted by molar-refractivity contribution is 9.10. The van der Waals surface area contributed by atoms with E-state index in [1.165, 1.54) is 37.3 Å². The van der Waals surface area contributed by atoms with E-state index in [0.717, 1.165) is 39.1 Å². The van der Waals surface area contributed by atoms with Crippen LogP contribution in [0.15, 0.2) is 16.7 Å². The molecule has 3 heterocycles. The summed E-state index contributed by atoms with van der Waals surface area (Å²) >= 11 is 4.91. The van der Waals surface area contributed by atoms with Gasteiger partial charge in [-0.1, -0.05) is 11.3 Å². The lowest BCUT2D eigenvalue weighted by atomic mass is 9.91. The normalized spacial score (nSPS) is 17.7. The number of ether oxygens (including phenoxy) is 1. The van der Waals surface area contributed by atoms with Gasteiger partial charge in [-0.05, 0) is 87.1 Å². The second-order valence-corrected chi connectivity index (χ2v) is 8.93. The average Bonchev–Trinajstić information content (AvgIpc) is 2.88. The molecule has 0 aliphatic carbocycles. The molecule has 4 nitrogen and oxygen atoms in total. The number of hydrogen-bond acceptors (Lipinski definition) is 5. The first kappa shape index (κ1) is 17.1. The number of rotatable bonds is 4. The minimum atomic E-state index is 0.295. The van der Waals surface area contributed by atoms with Crippen LogP contribution in [0.3, 0.4) is 0 Å². The molecule has 0 unspecified atom stereocenters. The number of fused-ring (bicyclic) bond motifs is 1. The van der Waals surface area contributed by atoms with Crippen molar-refractivity contribution < 1.29 is 4.74 Å². The molecule has 0 spiro atoms. The first-order chi connectivity index (χ1) is 10.9. The third kappa shape index (κ3) is 4.43. The van der Waals surface area contributed by atoms with Gasteiger partial charge in [-0.25, -0.2) is 9.97 Å². The smallest absolute Gasteiger partial charge is 0.275 e. The second-order valence-electron chi connectivity index (χ2n) is 7.18. The highest BCUT2D eigenvalue weighted by Gasteiger charge is 2.26. The second kappa shape index (κ2) is 7.03. The molecule has 1 aliphatic rings. The van der Waals surface area contributed by atoms with Crippen molar-refractivity contribution in [2.24, 2.45) is 5.92 Å². The van der Waals surface area contributed by atoms with Crippen molar-refractivity contribution in [2.45, 2.75) is 45.6 Å². The molecular formula is C17H24BrN3OS. The maximum atomic E-state index is 5.87. The summed E-state index contributed by atoms with van der Waals surface area (Å²) in [5, 5.41) is 0.734. The molecule has 2 aromatic rings. The summed E-state index contributed by atoms with van der Waals surface area (Å²) < 4.78 is 6.70. The van der Waals surface area contributed by atoms with Gasteiger partial charge in [0.1, 0.15) is 15.0 Å². The summed E-state index contributed by atoms with van der Waals surface area (Å²) in [6.45, 7) is 10.1. The van der Waals surface area contributed by atoms with Crippen LogP contribution < -0.4 is 4.74 Å². The molecule has 0 radical (unpaired) electrons. The Bertz CT molecular complexity index is 659. The first-order valence-electron chi connectivity index (χ1n) is 8.23. The Kier molecular flexibility index (Phi) is 5.23. The standard InChI is InChI=1S/C17H24BrN3OS/c1-17(2,3)21-9-6-12(7-10-21)8-11-22-16-19-13-4-5-14(18)20-15(13)23-16/h4-5,12H,6-11H2,1-3H3. The predicted molar refractivity (Wildman–Crippen MR) is 99.3 cm³/mol. The summed E-state index contributed by atoms with van der Waals surface area (Å²) in [5.74, 6) is 0.773. The summed E-state index contributed by atoms with van der Waals surface area (Å²) in [7, 11) is 0. The molecule has 0 bridgehead atoms. The number of likely N-dealkylation sites (tertiary alicyclic amines) is 1. The third-order valence-electron chi connectivity index (χ3n) is 4.52. The molecule has 126 valence electrons. The number of pyridine rings is 1. The third-order valence-corrected chi connectivity index (χ3v) is 5.84. The average molecular weight is 398 g/mol. The fourth-order valence-corrected chi connectivity index (χ4v) is 4.28. The molecule has 2 aromatic heterocycles. The van der Waals surface area contributed by atoms with Gasteiger partial charge < -0.3 is 4.74 Å². The van der Waals surface area contributed by atoms with Gasteiger partial charge >= 0.3 is 0 Å². The maximum Gasteiger partial charge on any atom is 0.275 e. The molecular weight excluding hydrogens is 374 g/mol. The largest absolute Gasteiger partial charge is 0.470 e. The van der Waals surface area contributed by atoms with Gasteiger partial charge in [-0.3, -0.25) is 4.90 Å². The van der Waals surface area contributed by atoms with E-state index in [2.05, 4.69) is 51.6 Å². The zero-order valence-electron chi connectivity index (χ0n) is 14.0. The van der Waals surface area contributed by atoms with E-state index >= 15 is 0 Å². The molecule has 1 saturated heterocycles. The van der Waals surface area contributed by atoms with Gasteiger partial charge in [0.15, 0.2) is 0 Å². The monoisotopic (exact) mass is 397 g/mol. The molecule has 6 heteroatoms. The Balaban J connectivity index is 1.46. The van der Waals surface area contributed by atoms with E-state index in [4.69, 9.17) is 4.74 Å². The van der Waals surface area contributed by atoms with Crippen LogP contribution in [0.4, 0.5) is 0 Å². The van der Waals surface area contributed by atoms with Gasteiger partial charge in [0.2, 0.25) is 0 Å². The van der Waals surface area contributed by atoms with Crippen molar-refractivity contribution in [2.75, 3.05) is 19.7 Å². The van der Waals surface area contributed by atoms with Crippen LogP contribution >= 0.6 is 27.3 Å². The fourth-order valence-electron chi connectivity index (χ4n) is 3.04. The number of halogens is 1. The van der Waals surface area contributed by atoms with Crippen molar-refractivity contribution in [3.8, 4) is 5.19 Å². The minimum Gasteiger partial charge on any atom is -0.470 e.